The number of fused-ring (bicyclic) bond motifs is 1. The minimum absolute atomic E-state index is 0.00113. The lowest BCUT2D eigenvalue weighted by Crippen LogP contribution is -2.52. The predicted molar refractivity (Wildman–Crippen MR) is 180 cm³/mol. The van der Waals surface area contributed by atoms with Gasteiger partial charge in [0.2, 0.25) is 17.7 Å². The molecule has 3 heterocycles. The molecule has 0 aliphatic carbocycles. The Kier molecular flexibility index (Phi) is 11.2. The Labute approximate surface area is 282 Å². The zero-order valence-electron chi connectivity index (χ0n) is 26.5. The number of ether oxygens (including phenoxy) is 2. The van der Waals surface area contributed by atoms with E-state index in [2.05, 4.69) is 20.6 Å². The van der Waals surface area contributed by atoms with Crippen molar-refractivity contribution in [1.82, 2.24) is 30.1 Å². The second-order valence-electron chi connectivity index (χ2n) is 11.1. The van der Waals surface area contributed by atoms with Gasteiger partial charge in [-0.1, -0.05) is 41.8 Å². The zero-order valence-corrected chi connectivity index (χ0v) is 28.0. The number of piperidine rings is 1. The number of pyridine rings is 1. The van der Waals surface area contributed by atoms with Gasteiger partial charge in [0.15, 0.2) is 0 Å². The van der Waals surface area contributed by atoms with E-state index in [1.807, 2.05) is 39.8 Å². The van der Waals surface area contributed by atoms with Crippen molar-refractivity contribution in [2.24, 2.45) is 0 Å². The van der Waals surface area contributed by atoms with Crippen LogP contribution in [0.1, 0.15) is 30.5 Å². The van der Waals surface area contributed by atoms with Gasteiger partial charge in [-0.25, -0.2) is 0 Å². The summed E-state index contributed by atoms with van der Waals surface area (Å²) in [5.41, 5.74) is 3.13. The van der Waals surface area contributed by atoms with Crippen LogP contribution >= 0.6 is 23.2 Å². The average Bonchev–Trinajstić information content (AvgIpc) is 3.45. The van der Waals surface area contributed by atoms with E-state index >= 15 is 0 Å². The van der Waals surface area contributed by atoms with E-state index in [1.54, 1.807) is 45.6 Å². The number of aromatic nitrogens is 3. The number of nitrogens with one attached hydrogen (secondary N) is 2. The van der Waals surface area contributed by atoms with Gasteiger partial charge in [0.1, 0.15) is 17.9 Å². The van der Waals surface area contributed by atoms with Crippen LogP contribution in [0.3, 0.4) is 0 Å². The highest BCUT2D eigenvalue weighted by molar-refractivity contribution is 6.38. The van der Waals surface area contributed by atoms with Crippen molar-refractivity contribution in [3.8, 4) is 11.8 Å². The van der Waals surface area contributed by atoms with Crippen molar-refractivity contribution in [1.29, 1.82) is 0 Å². The van der Waals surface area contributed by atoms with Crippen LogP contribution in [0, 0.1) is 0 Å². The summed E-state index contributed by atoms with van der Waals surface area (Å²) in [6.07, 6.45) is 4.26. The number of benzene rings is 2. The first-order valence-corrected chi connectivity index (χ1v) is 16.0. The lowest BCUT2D eigenvalue weighted by Gasteiger charge is -2.33. The standard InChI is InChI=1S/C33H37Cl2N7O5/c1-36-32(45)26-10-5-7-16-41(26)19-28(43)38-17-29(44)40(2)24-14-13-23(34)22(30(24)35)20-47-27-12-8-11-25-31(27)39-33(46-3)42(25)18-21-9-4-6-15-37-21/h4,6,8-9,11-15,26H,5,7,10,16-20H2,1-3H3,(H,36,45)(H,38,43). The maximum absolute atomic E-state index is 13.1. The molecule has 0 spiro atoms. The maximum Gasteiger partial charge on any atom is 0.297 e. The van der Waals surface area contributed by atoms with Crippen molar-refractivity contribution < 1.29 is 23.9 Å². The van der Waals surface area contributed by atoms with Gasteiger partial charge >= 0.3 is 0 Å². The molecule has 248 valence electrons. The molecule has 1 atom stereocenters. The summed E-state index contributed by atoms with van der Waals surface area (Å²) in [5, 5.41) is 5.94. The molecular formula is C33H37Cl2N7O5. The fourth-order valence-electron chi connectivity index (χ4n) is 5.62. The summed E-state index contributed by atoms with van der Waals surface area (Å²) < 4.78 is 13.7. The zero-order chi connectivity index (χ0) is 33.5. The van der Waals surface area contributed by atoms with Crippen LogP contribution in [-0.4, -0.2) is 84.0 Å². The molecule has 1 aliphatic rings. The smallest absolute Gasteiger partial charge is 0.297 e. The topological polar surface area (TPSA) is 131 Å². The molecular weight excluding hydrogens is 645 g/mol. The second-order valence-corrected chi connectivity index (χ2v) is 11.9. The fourth-order valence-corrected chi connectivity index (χ4v) is 6.22. The number of likely N-dealkylation sites (N-methyl/N-ethyl adjacent to an activating group) is 2. The van der Waals surface area contributed by atoms with Gasteiger partial charge in [-0.3, -0.25) is 28.8 Å². The summed E-state index contributed by atoms with van der Waals surface area (Å²) in [7, 11) is 4.71. The molecule has 2 aromatic heterocycles. The van der Waals surface area contributed by atoms with E-state index in [4.69, 9.17) is 32.7 Å². The summed E-state index contributed by atoms with van der Waals surface area (Å²) in [6, 6.07) is 14.6. The fraction of sp³-hybridized carbons (Fsp3) is 0.364. The third-order valence-corrected chi connectivity index (χ3v) is 8.93. The van der Waals surface area contributed by atoms with Crippen LogP contribution in [0.2, 0.25) is 10.0 Å². The van der Waals surface area contributed by atoms with Crippen LogP contribution in [0.15, 0.2) is 54.7 Å². The summed E-state index contributed by atoms with van der Waals surface area (Å²) in [4.78, 5) is 50.3. The van der Waals surface area contributed by atoms with E-state index in [9.17, 15) is 14.4 Å². The Balaban J connectivity index is 1.26. The Morgan fingerprint density at radius 2 is 1.91 bits per heavy atom. The maximum atomic E-state index is 13.1. The van der Waals surface area contributed by atoms with E-state index < -0.39 is 0 Å². The summed E-state index contributed by atoms with van der Waals surface area (Å²) in [5.74, 6) is -0.340. The molecule has 1 aliphatic heterocycles. The number of carbonyl (C=O) groups is 3. The van der Waals surface area contributed by atoms with Gasteiger partial charge in [-0.05, 0) is 55.8 Å². The molecule has 1 fully saturated rings. The molecule has 1 unspecified atom stereocenters. The van der Waals surface area contributed by atoms with Crippen LogP contribution < -0.4 is 25.0 Å². The molecule has 0 bridgehead atoms. The summed E-state index contributed by atoms with van der Waals surface area (Å²) in [6.45, 7) is 0.877. The highest BCUT2D eigenvalue weighted by atomic mass is 35.5. The van der Waals surface area contributed by atoms with Crippen molar-refractivity contribution >= 4 is 57.6 Å². The monoisotopic (exact) mass is 681 g/mol. The number of carbonyl (C=O) groups excluding carboxylic acids is 3. The highest BCUT2D eigenvalue weighted by Crippen LogP contribution is 2.36. The molecule has 12 nitrogen and oxygen atoms in total. The molecule has 5 rings (SSSR count). The van der Waals surface area contributed by atoms with Gasteiger partial charge in [-0.15, -0.1) is 0 Å². The number of hydrogen-bond donors (Lipinski definition) is 2. The quantitative estimate of drug-likeness (QED) is 0.229. The van der Waals surface area contributed by atoms with Crippen LogP contribution in [-0.2, 0) is 27.5 Å². The Morgan fingerprint density at radius 3 is 2.66 bits per heavy atom. The van der Waals surface area contributed by atoms with Gasteiger partial charge in [0, 0.05) is 30.9 Å². The molecule has 1 saturated heterocycles. The van der Waals surface area contributed by atoms with Crippen molar-refractivity contribution in [3.05, 3.63) is 76.0 Å². The van der Waals surface area contributed by atoms with E-state index in [0.717, 1.165) is 24.1 Å². The van der Waals surface area contributed by atoms with E-state index in [0.29, 0.717) is 53.1 Å². The Hall–Kier alpha value is -4.39. The largest absolute Gasteiger partial charge is 0.486 e. The number of halogens is 2. The van der Waals surface area contributed by atoms with Crippen molar-refractivity contribution in [3.63, 3.8) is 0 Å². The van der Waals surface area contributed by atoms with Crippen LogP contribution in [0.25, 0.3) is 11.0 Å². The third kappa shape index (κ3) is 7.78. The van der Waals surface area contributed by atoms with Crippen molar-refractivity contribution in [2.45, 2.75) is 38.5 Å². The molecule has 14 heteroatoms. The molecule has 2 aromatic carbocycles. The Morgan fingerprint density at radius 1 is 1.09 bits per heavy atom. The summed E-state index contributed by atoms with van der Waals surface area (Å²) >= 11 is 13.3. The van der Waals surface area contributed by atoms with Gasteiger partial charge in [-0.2, -0.15) is 4.98 Å². The number of imidazole rings is 1. The number of likely N-dealkylation sites (tertiary alicyclic amines) is 1. The number of para-hydroxylation sites is 1. The normalized spacial score (nSPS) is 14.9. The second kappa shape index (κ2) is 15.5. The first kappa shape index (κ1) is 34.0. The number of rotatable bonds is 12. The molecule has 2 N–H and O–H groups in total. The molecule has 0 radical (unpaired) electrons. The van der Waals surface area contributed by atoms with Crippen LogP contribution in [0.5, 0.6) is 11.8 Å². The van der Waals surface area contributed by atoms with Gasteiger partial charge in [0.25, 0.3) is 6.01 Å². The number of methoxy groups -OCH3 is 1. The third-order valence-electron chi connectivity index (χ3n) is 8.15. The molecule has 4 aromatic rings. The first-order valence-electron chi connectivity index (χ1n) is 15.2. The van der Waals surface area contributed by atoms with E-state index in [1.165, 1.54) is 4.90 Å². The van der Waals surface area contributed by atoms with Gasteiger partial charge < -0.3 is 25.0 Å². The molecule has 47 heavy (non-hydrogen) atoms. The average molecular weight is 683 g/mol. The van der Waals surface area contributed by atoms with Crippen molar-refractivity contribution in [2.75, 3.05) is 45.7 Å². The van der Waals surface area contributed by atoms with Gasteiger partial charge in [0.05, 0.1) is 54.7 Å². The van der Waals surface area contributed by atoms with Crippen LogP contribution in [0.4, 0.5) is 5.69 Å². The highest BCUT2D eigenvalue weighted by Gasteiger charge is 2.29. The number of nitrogens with zero attached hydrogens (tertiary/aromatic N) is 5. The Bertz CT molecular complexity index is 1750. The molecule has 0 saturated carbocycles. The minimum atomic E-state index is -0.383. The predicted octanol–water partition coefficient (Wildman–Crippen LogP) is 4.05. The van der Waals surface area contributed by atoms with E-state index in [-0.39, 0.29) is 48.5 Å². The first-order chi connectivity index (χ1) is 22.7. The number of amides is 3. The lowest BCUT2D eigenvalue weighted by molar-refractivity contribution is -0.131. The lowest BCUT2D eigenvalue weighted by atomic mass is 10.0. The number of anilines is 1. The SMILES string of the molecule is CNC(=O)C1CCCCN1CC(=O)NCC(=O)N(C)c1ccc(Cl)c(COc2cccc3c2nc(OC)n3Cc2ccccn2)c1Cl. The minimum Gasteiger partial charge on any atom is -0.486 e. The number of hydrogen-bond acceptors (Lipinski definition) is 8. The molecule has 3 amide bonds.